The maximum Gasteiger partial charge on any atom is 0.264 e. The Balaban J connectivity index is 1.72. The fraction of sp³-hybridized carbons (Fsp3) is 0.333. The van der Waals surface area contributed by atoms with Crippen molar-refractivity contribution in [2.75, 3.05) is 6.26 Å². The molecule has 0 aliphatic carbocycles. The van der Waals surface area contributed by atoms with Crippen LogP contribution in [0.25, 0.3) is 11.1 Å². The number of sulfone groups is 1. The number of carbonyl (C=O) groups is 1. The van der Waals surface area contributed by atoms with Crippen LogP contribution >= 0.6 is 11.3 Å². The van der Waals surface area contributed by atoms with Gasteiger partial charge in [0.15, 0.2) is 14.6 Å². The standard InChI is InChI=1S/C18H20N2O5S2/c1-18(17(21)19-22,27(2,23)24)10-15-9-16(20-25-15)13-5-3-12(4-6-13)14-7-8-26-11-14/h3-8,11,15,22H,9-10H2,1-2H3,(H,19,21)/t15-,18-/m1/s1. The van der Waals surface area contributed by atoms with Crippen molar-refractivity contribution in [3.63, 3.8) is 0 Å². The lowest BCUT2D eigenvalue weighted by Crippen LogP contribution is -2.51. The summed E-state index contributed by atoms with van der Waals surface area (Å²) in [5.74, 6) is -0.984. The van der Waals surface area contributed by atoms with Gasteiger partial charge < -0.3 is 4.84 Å². The van der Waals surface area contributed by atoms with Crippen LogP contribution in [0.5, 0.6) is 0 Å². The molecule has 0 unspecified atom stereocenters. The molecule has 0 fully saturated rings. The quantitative estimate of drug-likeness (QED) is 0.565. The summed E-state index contributed by atoms with van der Waals surface area (Å²) in [5, 5.41) is 17.1. The zero-order chi connectivity index (χ0) is 19.7. The van der Waals surface area contributed by atoms with Crippen molar-refractivity contribution in [3.8, 4) is 11.1 Å². The number of nitrogens with zero attached hydrogens (tertiary/aromatic N) is 1. The fourth-order valence-corrected chi connectivity index (χ4v) is 4.49. The molecule has 0 bridgehead atoms. The number of nitrogens with one attached hydrogen (secondary N) is 1. The molecule has 2 N–H and O–H groups in total. The SMILES string of the molecule is C[C@@](C[C@H]1CC(c2ccc(-c3ccsc3)cc2)=NO1)(C(=O)NO)S(C)(=O)=O. The Morgan fingerprint density at radius 1 is 1.30 bits per heavy atom. The van der Waals surface area contributed by atoms with Gasteiger partial charge in [-0.2, -0.15) is 11.3 Å². The highest BCUT2D eigenvalue weighted by Crippen LogP contribution is 2.30. The lowest BCUT2D eigenvalue weighted by atomic mass is 9.96. The first kappa shape index (κ1) is 19.5. The monoisotopic (exact) mass is 408 g/mol. The van der Waals surface area contributed by atoms with Crippen molar-refractivity contribution in [2.24, 2.45) is 5.16 Å². The van der Waals surface area contributed by atoms with Gasteiger partial charge in [-0.15, -0.1) is 0 Å². The smallest absolute Gasteiger partial charge is 0.264 e. The average Bonchev–Trinajstić information content (AvgIpc) is 3.32. The lowest BCUT2D eigenvalue weighted by Gasteiger charge is -2.26. The van der Waals surface area contributed by atoms with E-state index in [1.807, 2.05) is 35.7 Å². The second-order valence-electron chi connectivity index (χ2n) is 6.71. The molecule has 2 heterocycles. The van der Waals surface area contributed by atoms with E-state index in [1.54, 1.807) is 11.3 Å². The molecule has 1 aromatic carbocycles. The second-order valence-corrected chi connectivity index (χ2v) is 9.93. The van der Waals surface area contributed by atoms with Gasteiger partial charge in [0.1, 0.15) is 6.10 Å². The first-order valence-electron chi connectivity index (χ1n) is 8.24. The molecule has 0 radical (unpaired) electrons. The van der Waals surface area contributed by atoms with Crippen molar-refractivity contribution in [2.45, 2.75) is 30.6 Å². The van der Waals surface area contributed by atoms with Crippen LogP contribution in [0.1, 0.15) is 25.3 Å². The summed E-state index contributed by atoms with van der Waals surface area (Å²) < 4.78 is 22.4. The minimum atomic E-state index is -3.78. The van der Waals surface area contributed by atoms with Gasteiger partial charge in [-0.25, -0.2) is 13.9 Å². The van der Waals surface area contributed by atoms with Gasteiger partial charge in [0, 0.05) is 19.1 Å². The normalized spacial score (nSPS) is 19.1. The Kier molecular flexibility index (Phi) is 5.36. The summed E-state index contributed by atoms with van der Waals surface area (Å²) in [5.41, 5.74) is 5.25. The summed E-state index contributed by atoms with van der Waals surface area (Å²) in [4.78, 5) is 17.3. The van der Waals surface area contributed by atoms with Crippen LogP contribution in [-0.4, -0.2) is 42.4 Å². The Morgan fingerprint density at radius 2 is 1.96 bits per heavy atom. The van der Waals surface area contributed by atoms with E-state index in [0.29, 0.717) is 12.1 Å². The number of oxime groups is 1. The molecule has 1 aromatic heterocycles. The van der Waals surface area contributed by atoms with Crippen LogP contribution in [0, 0.1) is 0 Å². The minimum Gasteiger partial charge on any atom is -0.392 e. The third-order valence-electron chi connectivity index (χ3n) is 4.82. The summed E-state index contributed by atoms with van der Waals surface area (Å²) in [6.07, 6.45) is 0.649. The zero-order valence-corrected chi connectivity index (χ0v) is 16.5. The summed E-state index contributed by atoms with van der Waals surface area (Å²) >= 11 is 1.63. The second kappa shape index (κ2) is 7.41. The summed E-state index contributed by atoms with van der Waals surface area (Å²) in [7, 11) is -3.78. The van der Waals surface area contributed by atoms with Crippen LogP contribution in [0.3, 0.4) is 0 Å². The number of benzene rings is 1. The highest BCUT2D eigenvalue weighted by Gasteiger charge is 2.47. The van der Waals surface area contributed by atoms with E-state index in [0.717, 1.165) is 22.9 Å². The van der Waals surface area contributed by atoms with Crippen LogP contribution in [0.2, 0.25) is 0 Å². The van der Waals surface area contributed by atoms with Gasteiger partial charge in [0.25, 0.3) is 5.91 Å². The third-order valence-corrected chi connectivity index (χ3v) is 7.50. The summed E-state index contributed by atoms with van der Waals surface area (Å²) in [6, 6.07) is 9.91. The molecule has 7 nitrogen and oxygen atoms in total. The van der Waals surface area contributed by atoms with E-state index in [2.05, 4.69) is 10.5 Å². The molecule has 1 aliphatic rings. The van der Waals surface area contributed by atoms with Gasteiger partial charge in [-0.3, -0.25) is 10.0 Å². The molecule has 27 heavy (non-hydrogen) atoms. The Labute approximate surface area is 161 Å². The minimum absolute atomic E-state index is 0.113. The summed E-state index contributed by atoms with van der Waals surface area (Å²) in [6.45, 7) is 1.27. The van der Waals surface area contributed by atoms with Gasteiger partial charge >= 0.3 is 0 Å². The molecule has 3 rings (SSSR count). The molecule has 2 atom stereocenters. The first-order chi connectivity index (χ1) is 12.7. The van der Waals surface area contributed by atoms with Crippen molar-refractivity contribution in [3.05, 3.63) is 46.7 Å². The highest BCUT2D eigenvalue weighted by molar-refractivity contribution is 7.92. The van der Waals surface area contributed by atoms with Gasteiger partial charge in [0.2, 0.25) is 0 Å². The van der Waals surface area contributed by atoms with Crippen LogP contribution in [-0.2, 0) is 19.5 Å². The van der Waals surface area contributed by atoms with Crippen molar-refractivity contribution < 1.29 is 23.3 Å². The van der Waals surface area contributed by atoms with E-state index in [9.17, 15) is 13.2 Å². The molecule has 0 saturated heterocycles. The van der Waals surface area contributed by atoms with E-state index in [1.165, 1.54) is 12.4 Å². The molecule has 1 aliphatic heterocycles. The number of thiophene rings is 1. The number of amides is 1. The molecular formula is C18H20N2O5S2. The van der Waals surface area contributed by atoms with E-state index in [-0.39, 0.29) is 6.42 Å². The average molecular weight is 409 g/mol. The Morgan fingerprint density at radius 3 is 2.52 bits per heavy atom. The number of rotatable bonds is 6. The van der Waals surface area contributed by atoms with Crippen LogP contribution in [0.4, 0.5) is 0 Å². The van der Waals surface area contributed by atoms with Gasteiger partial charge in [-0.05, 0) is 40.4 Å². The zero-order valence-electron chi connectivity index (χ0n) is 14.9. The maximum atomic E-state index is 12.1. The van der Waals surface area contributed by atoms with E-state index in [4.69, 9.17) is 10.0 Å². The molecule has 1 amide bonds. The predicted octanol–water partition coefficient (Wildman–Crippen LogP) is 2.61. The third kappa shape index (κ3) is 3.90. The Hall–Kier alpha value is -2.23. The van der Waals surface area contributed by atoms with Crippen LogP contribution < -0.4 is 5.48 Å². The molecule has 0 spiro atoms. The van der Waals surface area contributed by atoms with Crippen LogP contribution in [0.15, 0.2) is 46.2 Å². The van der Waals surface area contributed by atoms with E-state index < -0.39 is 26.6 Å². The molecule has 0 saturated carbocycles. The number of carbonyl (C=O) groups excluding carboxylic acids is 1. The first-order valence-corrected chi connectivity index (χ1v) is 11.1. The lowest BCUT2D eigenvalue weighted by molar-refractivity contribution is -0.132. The topological polar surface area (TPSA) is 105 Å². The molecule has 9 heteroatoms. The van der Waals surface area contributed by atoms with Gasteiger partial charge in [0.05, 0.1) is 5.71 Å². The number of hydroxylamine groups is 1. The molecular weight excluding hydrogens is 388 g/mol. The fourth-order valence-electron chi connectivity index (χ4n) is 2.96. The highest BCUT2D eigenvalue weighted by atomic mass is 32.2. The van der Waals surface area contributed by atoms with Gasteiger partial charge in [-0.1, -0.05) is 29.4 Å². The van der Waals surface area contributed by atoms with Crippen molar-refractivity contribution in [1.82, 2.24) is 5.48 Å². The molecule has 2 aromatic rings. The number of hydrogen-bond donors (Lipinski definition) is 2. The van der Waals surface area contributed by atoms with Crippen molar-refractivity contribution >= 4 is 32.8 Å². The molecule has 144 valence electrons. The number of hydrogen-bond acceptors (Lipinski definition) is 7. The maximum absolute atomic E-state index is 12.1. The van der Waals surface area contributed by atoms with E-state index >= 15 is 0 Å². The largest absolute Gasteiger partial charge is 0.392 e. The van der Waals surface area contributed by atoms with Crippen molar-refractivity contribution in [1.29, 1.82) is 0 Å². The predicted molar refractivity (Wildman–Crippen MR) is 104 cm³/mol. The Bertz CT molecular complexity index is 952.